The second-order valence-corrected chi connectivity index (χ2v) is 6.51. The van der Waals surface area contributed by atoms with Crippen LogP contribution < -0.4 is 10.6 Å². The lowest BCUT2D eigenvalue weighted by Crippen LogP contribution is -2.47. The molecule has 26 heavy (non-hydrogen) atoms. The molecule has 9 heteroatoms. The number of halogens is 1. The van der Waals surface area contributed by atoms with Gasteiger partial charge in [-0.3, -0.25) is 4.99 Å². The summed E-state index contributed by atoms with van der Waals surface area (Å²) in [6.07, 6.45) is 8.11. The third-order valence-electron chi connectivity index (χ3n) is 4.57. The van der Waals surface area contributed by atoms with Crippen molar-refractivity contribution in [2.24, 2.45) is 4.99 Å². The molecule has 1 aliphatic heterocycles. The average Bonchev–Trinajstić information content (AvgIpc) is 3.17. The van der Waals surface area contributed by atoms with Crippen LogP contribution in [0.4, 0.5) is 0 Å². The van der Waals surface area contributed by atoms with E-state index in [0.29, 0.717) is 6.04 Å². The van der Waals surface area contributed by atoms with Gasteiger partial charge in [0.25, 0.3) is 0 Å². The molecule has 0 saturated carbocycles. The number of hydrogen-bond donors (Lipinski definition) is 2. The van der Waals surface area contributed by atoms with Crippen LogP contribution in [-0.2, 0) is 19.5 Å². The lowest BCUT2D eigenvalue weighted by atomic mass is 10.1. The monoisotopic (exact) mass is 472 g/mol. The molecule has 3 heterocycles. The summed E-state index contributed by atoms with van der Waals surface area (Å²) < 4.78 is 4.20. The molecular weight excluding hydrogens is 443 g/mol. The molecule has 0 spiro atoms. The van der Waals surface area contributed by atoms with E-state index >= 15 is 0 Å². The number of nitrogens with zero attached hydrogens (tertiary/aromatic N) is 6. The Morgan fingerprint density at radius 2 is 2.19 bits per heavy atom. The summed E-state index contributed by atoms with van der Waals surface area (Å²) in [5.74, 6) is 3.88. The lowest BCUT2D eigenvalue weighted by Gasteiger charge is -2.25. The van der Waals surface area contributed by atoms with Crippen LogP contribution in [0.1, 0.15) is 36.7 Å². The van der Waals surface area contributed by atoms with Crippen LogP contribution in [0, 0.1) is 13.8 Å². The van der Waals surface area contributed by atoms with Crippen molar-refractivity contribution in [3.63, 3.8) is 0 Å². The van der Waals surface area contributed by atoms with Gasteiger partial charge in [0.2, 0.25) is 0 Å². The first kappa shape index (κ1) is 20.7. The molecule has 3 rings (SSSR count). The largest absolute Gasteiger partial charge is 0.356 e. The quantitative estimate of drug-likeness (QED) is 0.289. The van der Waals surface area contributed by atoms with E-state index < -0.39 is 0 Å². The number of aromatic nitrogens is 5. The van der Waals surface area contributed by atoms with E-state index in [0.717, 1.165) is 68.8 Å². The number of unbranched alkanes of at least 4 members (excludes halogenated alkanes) is 1. The minimum atomic E-state index is 0. The Bertz CT molecular complexity index is 720. The summed E-state index contributed by atoms with van der Waals surface area (Å²) in [6, 6.07) is 0.341. The molecule has 8 nitrogen and oxygen atoms in total. The molecular formula is C17H29IN8. The Hall–Kier alpha value is -1.65. The molecule has 144 valence electrons. The van der Waals surface area contributed by atoms with E-state index in [1.54, 1.807) is 0 Å². The van der Waals surface area contributed by atoms with Crippen molar-refractivity contribution < 1.29 is 0 Å². The maximum Gasteiger partial charge on any atom is 0.191 e. The normalized spacial score (nSPS) is 16.7. The van der Waals surface area contributed by atoms with Gasteiger partial charge in [0.15, 0.2) is 5.96 Å². The smallest absolute Gasteiger partial charge is 0.191 e. The van der Waals surface area contributed by atoms with Crippen molar-refractivity contribution in [2.75, 3.05) is 13.6 Å². The number of aliphatic imine (C=N–C) groups is 1. The highest BCUT2D eigenvalue weighted by Gasteiger charge is 2.21. The zero-order valence-corrected chi connectivity index (χ0v) is 18.1. The first-order valence-electron chi connectivity index (χ1n) is 9.01. The van der Waals surface area contributed by atoms with E-state index in [4.69, 9.17) is 0 Å². The summed E-state index contributed by atoms with van der Waals surface area (Å²) in [5, 5.41) is 11.4. The predicted octanol–water partition coefficient (Wildman–Crippen LogP) is 1.67. The molecule has 1 atom stereocenters. The van der Waals surface area contributed by atoms with Gasteiger partial charge in [-0.15, -0.1) is 24.0 Å². The summed E-state index contributed by atoms with van der Waals surface area (Å²) in [5.41, 5.74) is 0. The molecule has 1 unspecified atom stereocenters. The van der Waals surface area contributed by atoms with E-state index in [9.17, 15) is 0 Å². The zero-order chi connectivity index (χ0) is 17.6. The molecule has 2 N–H and O–H groups in total. The molecule has 0 bridgehead atoms. The molecule has 1 aliphatic rings. The highest BCUT2D eigenvalue weighted by molar-refractivity contribution is 14.0. The topological polar surface area (TPSA) is 84.9 Å². The number of guanidine groups is 1. The van der Waals surface area contributed by atoms with Crippen molar-refractivity contribution >= 4 is 29.9 Å². The predicted molar refractivity (Wildman–Crippen MR) is 113 cm³/mol. The Balaban J connectivity index is 0.00000243. The highest BCUT2D eigenvalue weighted by Crippen LogP contribution is 2.12. The van der Waals surface area contributed by atoms with Gasteiger partial charge in [0.05, 0.1) is 6.54 Å². The number of aryl methyl sites for hydroxylation is 4. The molecule has 0 saturated heterocycles. The minimum Gasteiger partial charge on any atom is -0.356 e. The van der Waals surface area contributed by atoms with Gasteiger partial charge >= 0.3 is 0 Å². The Morgan fingerprint density at radius 3 is 2.92 bits per heavy atom. The SMILES string of the molecule is CN=C(NCCCCn1ccnc1C)NC1CCc2nc(C)nn2C1.I. The minimum absolute atomic E-state index is 0. The Morgan fingerprint density at radius 1 is 1.35 bits per heavy atom. The second kappa shape index (κ2) is 9.89. The number of nitrogens with one attached hydrogen (secondary N) is 2. The fraction of sp³-hybridized carbons (Fsp3) is 0.647. The fourth-order valence-corrected chi connectivity index (χ4v) is 3.19. The van der Waals surface area contributed by atoms with Crippen LogP contribution in [0.2, 0.25) is 0 Å². The average molecular weight is 472 g/mol. The van der Waals surface area contributed by atoms with Gasteiger partial charge in [0.1, 0.15) is 17.5 Å². The maximum absolute atomic E-state index is 4.45. The first-order chi connectivity index (χ1) is 12.2. The molecule has 2 aromatic rings. The van der Waals surface area contributed by atoms with Crippen molar-refractivity contribution in [3.05, 3.63) is 29.9 Å². The molecule has 0 aromatic carbocycles. The Labute approximate surface area is 171 Å². The fourth-order valence-electron chi connectivity index (χ4n) is 3.19. The number of hydrogen-bond acceptors (Lipinski definition) is 4. The van der Waals surface area contributed by atoms with Crippen molar-refractivity contribution in [1.29, 1.82) is 0 Å². The van der Waals surface area contributed by atoms with E-state index in [-0.39, 0.29) is 24.0 Å². The molecule has 0 amide bonds. The van der Waals surface area contributed by atoms with Gasteiger partial charge in [0, 0.05) is 45.0 Å². The van der Waals surface area contributed by atoms with Crippen LogP contribution >= 0.6 is 24.0 Å². The zero-order valence-electron chi connectivity index (χ0n) is 15.8. The molecule has 2 aromatic heterocycles. The summed E-state index contributed by atoms with van der Waals surface area (Å²) in [7, 11) is 1.82. The molecule has 0 aliphatic carbocycles. The van der Waals surface area contributed by atoms with E-state index in [1.165, 1.54) is 0 Å². The highest BCUT2D eigenvalue weighted by atomic mass is 127. The van der Waals surface area contributed by atoms with Gasteiger partial charge in [-0.05, 0) is 33.1 Å². The number of fused-ring (bicyclic) bond motifs is 1. The summed E-state index contributed by atoms with van der Waals surface area (Å²) in [4.78, 5) is 13.0. The van der Waals surface area contributed by atoms with Gasteiger partial charge in [-0.1, -0.05) is 0 Å². The van der Waals surface area contributed by atoms with E-state index in [1.807, 2.05) is 38.0 Å². The molecule has 0 radical (unpaired) electrons. The molecule has 0 fully saturated rings. The van der Waals surface area contributed by atoms with Gasteiger partial charge < -0.3 is 15.2 Å². The summed E-state index contributed by atoms with van der Waals surface area (Å²) in [6.45, 7) is 6.75. The van der Waals surface area contributed by atoms with E-state index in [2.05, 4.69) is 35.3 Å². The Kier molecular flexibility index (Phi) is 7.85. The third kappa shape index (κ3) is 5.42. The standard InChI is InChI=1S/C17H28N8.HI/c1-13-21-16-7-6-15(12-25(16)23-13)22-17(18-3)20-8-4-5-10-24-11-9-19-14(24)2;/h9,11,15H,4-8,10,12H2,1-3H3,(H2,18,20,22);1H. The second-order valence-electron chi connectivity index (χ2n) is 6.51. The van der Waals surface area contributed by atoms with Crippen molar-refractivity contribution in [1.82, 2.24) is 34.9 Å². The summed E-state index contributed by atoms with van der Waals surface area (Å²) >= 11 is 0. The van der Waals surface area contributed by atoms with Gasteiger partial charge in [-0.2, -0.15) is 5.10 Å². The van der Waals surface area contributed by atoms with Crippen LogP contribution in [-0.4, -0.2) is 49.9 Å². The van der Waals surface area contributed by atoms with Gasteiger partial charge in [-0.25, -0.2) is 14.6 Å². The maximum atomic E-state index is 4.45. The number of rotatable bonds is 6. The number of imidazole rings is 1. The van der Waals surface area contributed by atoms with Crippen molar-refractivity contribution in [2.45, 2.75) is 58.7 Å². The van der Waals surface area contributed by atoms with Crippen LogP contribution in [0.3, 0.4) is 0 Å². The first-order valence-corrected chi connectivity index (χ1v) is 9.01. The van der Waals surface area contributed by atoms with Crippen LogP contribution in [0.15, 0.2) is 17.4 Å². The lowest BCUT2D eigenvalue weighted by molar-refractivity contribution is 0.392. The third-order valence-corrected chi connectivity index (χ3v) is 4.57. The van der Waals surface area contributed by atoms with Crippen molar-refractivity contribution in [3.8, 4) is 0 Å². The van der Waals surface area contributed by atoms with Crippen LogP contribution in [0.25, 0.3) is 0 Å². The van der Waals surface area contributed by atoms with Crippen LogP contribution in [0.5, 0.6) is 0 Å².